The Kier molecular flexibility index (Phi) is 5.18. The van der Waals surface area contributed by atoms with Gasteiger partial charge >= 0.3 is 6.03 Å². The van der Waals surface area contributed by atoms with Crippen LogP contribution in [0, 0.1) is 0 Å². The highest BCUT2D eigenvalue weighted by Gasteiger charge is 2.31. The normalized spacial score (nSPS) is 11.8. The van der Waals surface area contributed by atoms with Gasteiger partial charge in [-0.25, -0.2) is 14.8 Å². The van der Waals surface area contributed by atoms with Gasteiger partial charge in [0, 0.05) is 6.42 Å². The lowest BCUT2D eigenvalue weighted by Gasteiger charge is -2.03. The van der Waals surface area contributed by atoms with Crippen molar-refractivity contribution in [3.63, 3.8) is 0 Å². The summed E-state index contributed by atoms with van der Waals surface area (Å²) in [6.45, 7) is 2.08. The van der Waals surface area contributed by atoms with Crippen molar-refractivity contribution in [3.8, 4) is 0 Å². The molecule has 7 nitrogen and oxygen atoms in total. The fourth-order valence-electron chi connectivity index (χ4n) is 1.72. The summed E-state index contributed by atoms with van der Waals surface area (Å²) in [5, 5.41) is 7.76. The van der Waals surface area contributed by atoms with Crippen LogP contribution in [0.15, 0.2) is 12.7 Å². The molecule has 114 valence electrons. The molecule has 0 aromatic carbocycles. The van der Waals surface area contributed by atoms with E-state index in [0.29, 0.717) is 12.2 Å². The number of carbonyl (C=O) groups is 1. The van der Waals surface area contributed by atoms with Crippen LogP contribution in [0.25, 0.3) is 0 Å². The number of hydrogen-bond acceptors (Lipinski definition) is 5. The molecule has 0 aliphatic carbocycles. The van der Waals surface area contributed by atoms with Crippen molar-refractivity contribution >= 4 is 40.8 Å². The number of nitrogens with zero attached hydrogens (tertiary/aromatic N) is 6. The number of unbranched alkanes of at least 4 members (excludes halogenated alkanes) is 2. The molecule has 0 bridgehead atoms. The number of aryl methyl sites for hydroxylation is 1. The van der Waals surface area contributed by atoms with E-state index >= 15 is 0 Å². The van der Waals surface area contributed by atoms with Crippen LogP contribution < -0.4 is 0 Å². The Bertz CT molecular complexity index is 604. The summed E-state index contributed by atoms with van der Waals surface area (Å²) in [5.41, 5.74) is 0. The Morgan fingerprint density at radius 2 is 2.10 bits per heavy atom. The van der Waals surface area contributed by atoms with Gasteiger partial charge in [0.05, 0.1) is 0 Å². The van der Waals surface area contributed by atoms with Gasteiger partial charge in [0.1, 0.15) is 18.5 Å². The Morgan fingerprint density at radius 3 is 2.67 bits per heavy atom. The first kappa shape index (κ1) is 16.2. The van der Waals surface area contributed by atoms with Gasteiger partial charge in [-0.15, -0.1) is 5.10 Å². The van der Waals surface area contributed by atoms with Crippen molar-refractivity contribution in [1.29, 1.82) is 0 Å². The summed E-state index contributed by atoms with van der Waals surface area (Å²) >= 11 is 17.3. The van der Waals surface area contributed by atoms with Crippen molar-refractivity contribution in [2.24, 2.45) is 0 Å². The molecule has 21 heavy (non-hydrogen) atoms. The third kappa shape index (κ3) is 3.93. The molecule has 0 spiro atoms. The molecule has 0 atom stereocenters. The van der Waals surface area contributed by atoms with E-state index in [9.17, 15) is 4.79 Å². The van der Waals surface area contributed by atoms with Gasteiger partial charge in [0.15, 0.2) is 0 Å². The van der Waals surface area contributed by atoms with Gasteiger partial charge in [-0.2, -0.15) is 14.5 Å². The van der Waals surface area contributed by atoms with Crippen molar-refractivity contribution in [3.05, 3.63) is 24.3 Å². The van der Waals surface area contributed by atoms with E-state index in [2.05, 4.69) is 27.1 Å². The Hall–Kier alpha value is -1.18. The van der Waals surface area contributed by atoms with E-state index in [4.69, 9.17) is 34.8 Å². The monoisotopic (exact) mass is 350 g/mol. The lowest BCUT2D eigenvalue weighted by Crippen LogP contribution is -2.23. The summed E-state index contributed by atoms with van der Waals surface area (Å²) in [7, 11) is 0. The first-order valence-corrected chi connectivity index (χ1v) is 7.49. The maximum Gasteiger partial charge on any atom is 0.372 e. The average Bonchev–Trinajstić information content (AvgIpc) is 3.07. The van der Waals surface area contributed by atoms with Crippen LogP contribution in [0.3, 0.4) is 0 Å². The van der Waals surface area contributed by atoms with E-state index in [0.717, 1.165) is 28.6 Å². The average molecular weight is 352 g/mol. The number of alkyl halides is 3. The lowest BCUT2D eigenvalue weighted by molar-refractivity contribution is 0.237. The first-order valence-electron chi connectivity index (χ1n) is 6.36. The second-order valence-electron chi connectivity index (χ2n) is 4.34. The standard InChI is InChI=1S/C11H13Cl3N6O/c1-2-3-4-5-8-17-9(11(12,13)14)18-20(8)10(21)19-7-15-6-16-19/h6-7H,2-5H2,1H3. The minimum atomic E-state index is -1.78. The predicted octanol–water partition coefficient (Wildman–Crippen LogP) is 2.95. The van der Waals surface area contributed by atoms with Crippen LogP contribution in [-0.2, 0) is 10.2 Å². The van der Waals surface area contributed by atoms with Crippen LogP contribution in [0.2, 0.25) is 0 Å². The molecule has 0 amide bonds. The SMILES string of the molecule is CCCCCc1nc(C(Cl)(Cl)Cl)nn1C(=O)n1cncn1. The van der Waals surface area contributed by atoms with Gasteiger partial charge in [-0.1, -0.05) is 54.6 Å². The third-order valence-electron chi connectivity index (χ3n) is 2.73. The van der Waals surface area contributed by atoms with Crippen molar-refractivity contribution in [2.45, 2.75) is 36.4 Å². The molecule has 10 heteroatoms. The predicted molar refractivity (Wildman–Crippen MR) is 78.7 cm³/mol. The summed E-state index contributed by atoms with van der Waals surface area (Å²) < 4.78 is 0.356. The van der Waals surface area contributed by atoms with E-state index in [1.54, 1.807) is 0 Å². The molecular formula is C11H13Cl3N6O. The van der Waals surface area contributed by atoms with E-state index in [-0.39, 0.29) is 5.82 Å². The fraction of sp³-hybridized carbons (Fsp3) is 0.545. The molecule has 2 aromatic rings. The zero-order valence-electron chi connectivity index (χ0n) is 11.2. The number of hydrogen-bond donors (Lipinski definition) is 0. The molecule has 0 aliphatic heterocycles. The number of rotatable bonds is 4. The largest absolute Gasteiger partial charge is 0.372 e. The molecule has 2 rings (SSSR count). The second-order valence-corrected chi connectivity index (χ2v) is 6.62. The molecule has 0 aliphatic rings. The van der Waals surface area contributed by atoms with Gasteiger partial charge in [-0.3, -0.25) is 0 Å². The number of aromatic nitrogens is 6. The quantitative estimate of drug-likeness (QED) is 0.625. The number of carbonyl (C=O) groups excluding carboxylic acids is 1. The summed E-state index contributed by atoms with van der Waals surface area (Å²) in [4.78, 5) is 20.2. The van der Waals surface area contributed by atoms with Crippen LogP contribution in [0.5, 0.6) is 0 Å². The van der Waals surface area contributed by atoms with E-state index in [1.165, 1.54) is 12.7 Å². The third-order valence-corrected chi connectivity index (χ3v) is 3.23. The zero-order chi connectivity index (χ0) is 15.5. The maximum absolute atomic E-state index is 12.3. The van der Waals surface area contributed by atoms with Crippen LogP contribution in [0.4, 0.5) is 4.79 Å². The molecule has 0 unspecified atom stereocenters. The number of halogens is 3. The minimum Gasteiger partial charge on any atom is -0.243 e. The molecule has 0 N–H and O–H groups in total. The molecule has 0 radical (unpaired) electrons. The summed E-state index contributed by atoms with van der Waals surface area (Å²) in [6, 6.07) is -0.521. The fourth-order valence-corrected chi connectivity index (χ4v) is 1.96. The molecule has 0 saturated heterocycles. The lowest BCUT2D eigenvalue weighted by atomic mass is 10.2. The van der Waals surface area contributed by atoms with Crippen molar-refractivity contribution in [2.75, 3.05) is 0 Å². The molecule has 0 fully saturated rings. The maximum atomic E-state index is 12.3. The van der Waals surface area contributed by atoms with Crippen LogP contribution in [0.1, 0.15) is 37.8 Å². The Balaban J connectivity index is 2.33. The van der Waals surface area contributed by atoms with E-state index in [1.807, 2.05) is 0 Å². The smallest absolute Gasteiger partial charge is 0.243 e. The van der Waals surface area contributed by atoms with Gasteiger partial charge in [-0.05, 0) is 6.42 Å². The Labute approximate surface area is 136 Å². The molecular weight excluding hydrogens is 339 g/mol. The van der Waals surface area contributed by atoms with Gasteiger partial charge in [0.25, 0.3) is 3.79 Å². The minimum absolute atomic E-state index is 0.0348. The van der Waals surface area contributed by atoms with Crippen molar-refractivity contribution < 1.29 is 4.79 Å². The highest BCUT2D eigenvalue weighted by molar-refractivity contribution is 6.66. The Morgan fingerprint density at radius 1 is 1.33 bits per heavy atom. The summed E-state index contributed by atoms with van der Waals surface area (Å²) in [6.07, 6.45) is 5.99. The van der Waals surface area contributed by atoms with E-state index < -0.39 is 9.82 Å². The topological polar surface area (TPSA) is 78.5 Å². The molecule has 2 aromatic heterocycles. The highest BCUT2D eigenvalue weighted by Crippen LogP contribution is 2.36. The molecule has 2 heterocycles. The highest BCUT2D eigenvalue weighted by atomic mass is 35.6. The first-order chi connectivity index (χ1) is 9.93. The van der Waals surface area contributed by atoms with Gasteiger partial charge in [0.2, 0.25) is 5.82 Å². The summed E-state index contributed by atoms with van der Waals surface area (Å²) in [5.74, 6) is 0.401. The molecule has 0 saturated carbocycles. The van der Waals surface area contributed by atoms with Crippen LogP contribution >= 0.6 is 34.8 Å². The van der Waals surface area contributed by atoms with Gasteiger partial charge < -0.3 is 0 Å². The zero-order valence-corrected chi connectivity index (χ0v) is 13.5. The second kappa shape index (κ2) is 6.72. The van der Waals surface area contributed by atoms with Crippen molar-refractivity contribution in [1.82, 2.24) is 29.5 Å². The van der Waals surface area contributed by atoms with Crippen LogP contribution in [-0.4, -0.2) is 35.6 Å².